The van der Waals surface area contributed by atoms with Crippen LogP contribution in [-0.4, -0.2) is 30.2 Å². The third-order valence-electron chi connectivity index (χ3n) is 3.90. The Kier molecular flexibility index (Phi) is 4.28. The van der Waals surface area contributed by atoms with Crippen molar-refractivity contribution in [3.05, 3.63) is 0 Å². The molecule has 0 spiro atoms. The molecule has 1 amide bonds. The summed E-state index contributed by atoms with van der Waals surface area (Å²) in [6.07, 6.45) is 6.20. The van der Waals surface area contributed by atoms with Gasteiger partial charge in [0.2, 0.25) is 5.91 Å². The van der Waals surface area contributed by atoms with Crippen LogP contribution < -0.4 is 11.1 Å². The van der Waals surface area contributed by atoms with Crippen LogP contribution in [0.4, 0.5) is 0 Å². The summed E-state index contributed by atoms with van der Waals surface area (Å²) in [5.74, 6) is 0.332. The van der Waals surface area contributed by atoms with Gasteiger partial charge in [0.1, 0.15) is 5.54 Å². The van der Waals surface area contributed by atoms with Gasteiger partial charge in [-0.25, -0.2) is 0 Å². The van der Waals surface area contributed by atoms with Crippen molar-refractivity contribution in [1.82, 2.24) is 5.32 Å². The van der Waals surface area contributed by atoms with Crippen molar-refractivity contribution < 1.29 is 9.53 Å². The summed E-state index contributed by atoms with van der Waals surface area (Å²) < 4.78 is 5.90. The van der Waals surface area contributed by atoms with Crippen molar-refractivity contribution in [2.75, 3.05) is 6.61 Å². The maximum absolute atomic E-state index is 11.8. The predicted octanol–water partition coefficient (Wildman–Crippen LogP) is 1.58. The molecule has 0 radical (unpaired) electrons. The smallest absolute Gasteiger partial charge is 0.237 e. The second-order valence-electron chi connectivity index (χ2n) is 6.31. The van der Waals surface area contributed by atoms with Crippen LogP contribution in [0.5, 0.6) is 0 Å². The molecular weight excluding hydrogens is 228 g/mol. The van der Waals surface area contributed by atoms with Gasteiger partial charge in [-0.2, -0.15) is 0 Å². The molecule has 0 aromatic heterocycles. The lowest BCUT2D eigenvalue weighted by Crippen LogP contribution is -2.59. The molecule has 2 atom stereocenters. The van der Waals surface area contributed by atoms with Gasteiger partial charge in [0, 0.05) is 19.1 Å². The SMILES string of the molecule is CC(C)COC1CCCC(NC2CC2)(C(N)=O)C1. The van der Waals surface area contributed by atoms with Gasteiger partial charge in [-0.1, -0.05) is 13.8 Å². The van der Waals surface area contributed by atoms with Crippen molar-refractivity contribution in [2.24, 2.45) is 11.7 Å². The lowest BCUT2D eigenvalue weighted by atomic mass is 9.79. The Morgan fingerprint density at radius 3 is 2.72 bits per heavy atom. The molecule has 2 aliphatic carbocycles. The van der Waals surface area contributed by atoms with Crippen molar-refractivity contribution in [2.45, 2.75) is 70.1 Å². The fraction of sp³-hybridized carbons (Fsp3) is 0.929. The second kappa shape index (κ2) is 5.57. The number of ether oxygens (including phenoxy) is 1. The Hall–Kier alpha value is -0.610. The standard InChI is InChI=1S/C14H26N2O2/c1-10(2)9-18-12-4-3-7-14(8-12,13(15)17)16-11-5-6-11/h10-12,16H,3-9H2,1-2H3,(H2,15,17). The van der Waals surface area contributed by atoms with Gasteiger partial charge in [0.05, 0.1) is 6.10 Å². The highest BCUT2D eigenvalue weighted by atomic mass is 16.5. The first-order valence-electron chi connectivity index (χ1n) is 7.21. The Labute approximate surface area is 110 Å². The zero-order valence-corrected chi connectivity index (χ0v) is 11.6. The third-order valence-corrected chi connectivity index (χ3v) is 3.90. The molecule has 0 bridgehead atoms. The van der Waals surface area contributed by atoms with E-state index in [2.05, 4.69) is 19.2 Å². The van der Waals surface area contributed by atoms with Crippen LogP contribution in [0.2, 0.25) is 0 Å². The summed E-state index contributed by atoms with van der Waals surface area (Å²) in [6.45, 7) is 5.06. The number of hydrogen-bond acceptors (Lipinski definition) is 3. The molecule has 2 unspecified atom stereocenters. The van der Waals surface area contributed by atoms with E-state index in [-0.39, 0.29) is 12.0 Å². The van der Waals surface area contributed by atoms with E-state index in [1.165, 1.54) is 12.8 Å². The first-order valence-corrected chi connectivity index (χ1v) is 7.21. The highest BCUT2D eigenvalue weighted by Gasteiger charge is 2.44. The summed E-state index contributed by atoms with van der Waals surface area (Å²) in [5, 5.41) is 3.47. The zero-order chi connectivity index (χ0) is 13.2. The average molecular weight is 254 g/mol. The van der Waals surface area contributed by atoms with E-state index in [0.29, 0.717) is 12.0 Å². The molecule has 2 fully saturated rings. The third kappa shape index (κ3) is 3.45. The average Bonchev–Trinajstić information content (AvgIpc) is 3.10. The normalized spacial score (nSPS) is 32.7. The van der Waals surface area contributed by atoms with Crippen molar-refractivity contribution in [3.8, 4) is 0 Å². The van der Waals surface area contributed by atoms with Gasteiger partial charge >= 0.3 is 0 Å². The minimum absolute atomic E-state index is 0.180. The van der Waals surface area contributed by atoms with Gasteiger partial charge in [-0.3, -0.25) is 4.79 Å². The van der Waals surface area contributed by atoms with Crippen molar-refractivity contribution >= 4 is 5.91 Å². The molecule has 0 aromatic carbocycles. The van der Waals surface area contributed by atoms with E-state index < -0.39 is 5.54 Å². The highest BCUT2D eigenvalue weighted by molar-refractivity contribution is 5.85. The molecule has 2 aliphatic rings. The monoisotopic (exact) mass is 254 g/mol. The van der Waals surface area contributed by atoms with E-state index in [1.54, 1.807) is 0 Å². The Morgan fingerprint density at radius 1 is 1.44 bits per heavy atom. The Bertz CT molecular complexity index is 302. The number of nitrogens with two attached hydrogens (primary N) is 1. The van der Waals surface area contributed by atoms with Crippen LogP contribution in [-0.2, 0) is 9.53 Å². The van der Waals surface area contributed by atoms with Crippen LogP contribution in [0.3, 0.4) is 0 Å². The number of hydrogen-bond donors (Lipinski definition) is 2. The van der Waals surface area contributed by atoms with E-state index >= 15 is 0 Å². The lowest BCUT2D eigenvalue weighted by molar-refractivity contribution is -0.128. The topological polar surface area (TPSA) is 64.3 Å². The maximum Gasteiger partial charge on any atom is 0.237 e. The van der Waals surface area contributed by atoms with Crippen LogP contribution >= 0.6 is 0 Å². The molecule has 4 nitrogen and oxygen atoms in total. The molecule has 0 heterocycles. The number of nitrogens with one attached hydrogen (secondary N) is 1. The minimum atomic E-state index is -0.513. The van der Waals surface area contributed by atoms with Crippen molar-refractivity contribution in [1.29, 1.82) is 0 Å². The number of carbonyl (C=O) groups excluding carboxylic acids is 1. The molecule has 3 N–H and O–H groups in total. The Morgan fingerprint density at radius 2 is 2.17 bits per heavy atom. The van der Waals surface area contributed by atoms with E-state index in [9.17, 15) is 4.79 Å². The number of rotatable bonds is 6. The first-order chi connectivity index (χ1) is 8.52. The molecular formula is C14H26N2O2. The fourth-order valence-electron chi connectivity index (χ4n) is 2.74. The quantitative estimate of drug-likeness (QED) is 0.756. The minimum Gasteiger partial charge on any atom is -0.378 e. The molecule has 2 rings (SSSR count). The molecule has 18 heavy (non-hydrogen) atoms. The summed E-state index contributed by atoms with van der Waals surface area (Å²) >= 11 is 0. The maximum atomic E-state index is 11.8. The molecule has 2 saturated carbocycles. The van der Waals surface area contributed by atoms with E-state index in [4.69, 9.17) is 10.5 Å². The lowest BCUT2D eigenvalue weighted by Gasteiger charge is -2.39. The van der Waals surface area contributed by atoms with E-state index in [1.807, 2.05) is 0 Å². The van der Waals surface area contributed by atoms with Crippen LogP contribution in [0.25, 0.3) is 0 Å². The predicted molar refractivity (Wildman–Crippen MR) is 71.1 cm³/mol. The molecule has 0 aromatic rings. The van der Waals surface area contributed by atoms with Gasteiger partial charge in [0.15, 0.2) is 0 Å². The van der Waals surface area contributed by atoms with Crippen LogP contribution in [0.15, 0.2) is 0 Å². The molecule has 0 saturated heterocycles. The molecule has 0 aliphatic heterocycles. The van der Waals surface area contributed by atoms with Gasteiger partial charge in [-0.05, 0) is 38.0 Å². The highest BCUT2D eigenvalue weighted by Crippen LogP contribution is 2.34. The number of amides is 1. The van der Waals surface area contributed by atoms with Gasteiger partial charge in [-0.15, -0.1) is 0 Å². The number of primary amides is 1. The molecule has 4 heteroatoms. The summed E-state index contributed by atoms with van der Waals surface area (Å²) in [5.41, 5.74) is 5.13. The zero-order valence-electron chi connectivity index (χ0n) is 11.6. The molecule has 104 valence electrons. The summed E-state index contributed by atoms with van der Waals surface area (Å²) in [6, 6.07) is 0.501. The fourth-order valence-corrected chi connectivity index (χ4v) is 2.74. The van der Waals surface area contributed by atoms with Gasteiger partial charge in [0.25, 0.3) is 0 Å². The summed E-state index contributed by atoms with van der Waals surface area (Å²) in [4.78, 5) is 11.8. The second-order valence-corrected chi connectivity index (χ2v) is 6.31. The number of carbonyl (C=O) groups is 1. The van der Waals surface area contributed by atoms with Crippen LogP contribution in [0, 0.1) is 5.92 Å². The van der Waals surface area contributed by atoms with Gasteiger partial charge < -0.3 is 15.8 Å². The van der Waals surface area contributed by atoms with Crippen molar-refractivity contribution in [3.63, 3.8) is 0 Å². The van der Waals surface area contributed by atoms with Crippen LogP contribution in [0.1, 0.15) is 52.4 Å². The van der Waals surface area contributed by atoms with E-state index in [0.717, 1.165) is 32.3 Å². The largest absolute Gasteiger partial charge is 0.378 e. The first kappa shape index (κ1) is 13.8. The summed E-state index contributed by atoms with van der Waals surface area (Å²) in [7, 11) is 0. The Balaban J connectivity index is 1.94.